The molecule has 2 aromatic heterocycles. The molecule has 0 spiro atoms. The summed E-state index contributed by atoms with van der Waals surface area (Å²) in [6, 6.07) is 5.66. The molecule has 3 heterocycles. The van der Waals surface area contributed by atoms with Crippen molar-refractivity contribution in [2.24, 2.45) is 0 Å². The van der Waals surface area contributed by atoms with Crippen LogP contribution in [0.4, 0.5) is 0 Å². The highest BCUT2D eigenvalue weighted by atomic mass is 35.5. The van der Waals surface area contributed by atoms with Crippen LogP contribution < -0.4 is 0 Å². The van der Waals surface area contributed by atoms with Crippen LogP contribution in [0, 0.1) is 0 Å². The highest BCUT2D eigenvalue weighted by Gasteiger charge is 2.31. The molecule has 0 saturated carbocycles. The molecule has 0 radical (unpaired) electrons. The van der Waals surface area contributed by atoms with E-state index in [4.69, 9.17) is 11.6 Å². The summed E-state index contributed by atoms with van der Waals surface area (Å²) in [7, 11) is 0. The molecular formula is C15H14ClN3O. The molecule has 0 aromatic carbocycles. The van der Waals surface area contributed by atoms with E-state index < -0.39 is 0 Å². The number of carbonyl (C=O) groups is 1. The number of pyridine rings is 2. The van der Waals surface area contributed by atoms with Gasteiger partial charge in [0.2, 0.25) is 0 Å². The molecule has 0 N–H and O–H groups in total. The lowest BCUT2D eigenvalue weighted by atomic mass is 10.1. The van der Waals surface area contributed by atoms with Crippen molar-refractivity contribution < 1.29 is 4.79 Å². The molecule has 1 amide bonds. The first-order valence-electron chi connectivity index (χ1n) is 6.58. The van der Waals surface area contributed by atoms with E-state index in [1.807, 2.05) is 17.0 Å². The molecule has 3 rings (SSSR count). The minimum Gasteiger partial charge on any atom is -0.332 e. The van der Waals surface area contributed by atoms with Gasteiger partial charge in [-0.05, 0) is 36.6 Å². The molecule has 5 heteroatoms. The van der Waals surface area contributed by atoms with Crippen molar-refractivity contribution in [2.75, 3.05) is 6.54 Å². The highest BCUT2D eigenvalue weighted by molar-refractivity contribution is 6.33. The van der Waals surface area contributed by atoms with Crippen LogP contribution in [0.3, 0.4) is 0 Å². The van der Waals surface area contributed by atoms with Crippen molar-refractivity contribution in [1.82, 2.24) is 14.9 Å². The fourth-order valence-corrected chi connectivity index (χ4v) is 2.82. The van der Waals surface area contributed by atoms with Crippen molar-refractivity contribution >= 4 is 17.5 Å². The third-order valence-electron chi connectivity index (χ3n) is 3.60. The van der Waals surface area contributed by atoms with Crippen LogP contribution in [0.25, 0.3) is 0 Å². The number of aromatic nitrogens is 2. The van der Waals surface area contributed by atoms with Gasteiger partial charge >= 0.3 is 0 Å². The van der Waals surface area contributed by atoms with Crippen LogP contribution in [-0.2, 0) is 0 Å². The van der Waals surface area contributed by atoms with E-state index in [1.54, 1.807) is 24.7 Å². The minimum atomic E-state index is -0.0533. The van der Waals surface area contributed by atoms with Gasteiger partial charge in [-0.3, -0.25) is 14.8 Å². The summed E-state index contributed by atoms with van der Waals surface area (Å²) in [6.07, 6.45) is 8.60. The first-order valence-corrected chi connectivity index (χ1v) is 6.95. The second-order valence-electron chi connectivity index (χ2n) is 4.79. The summed E-state index contributed by atoms with van der Waals surface area (Å²) in [5, 5.41) is 0.449. The highest BCUT2D eigenvalue weighted by Crippen LogP contribution is 2.33. The SMILES string of the molecule is O=C(c1cnccc1Cl)N1CCCC1c1ccncc1. The summed E-state index contributed by atoms with van der Waals surface area (Å²) in [5.74, 6) is -0.0533. The quantitative estimate of drug-likeness (QED) is 0.852. The zero-order valence-electron chi connectivity index (χ0n) is 10.9. The Bertz CT molecular complexity index is 618. The van der Waals surface area contributed by atoms with E-state index in [1.165, 1.54) is 6.20 Å². The van der Waals surface area contributed by atoms with E-state index in [2.05, 4.69) is 9.97 Å². The zero-order chi connectivity index (χ0) is 13.9. The van der Waals surface area contributed by atoms with Gasteiger partial charge in [-0.1, -0.05) is 11.6 Å². The molecule has 0 aliphatic carbocycles. The average molecular weight is 288 g/mol. The Morgan fingerprint density at radius 3 is 2.70 bits per heavy atom. The molecule has 1 aliphatic rings. The standard InChI is InChI=1S/C15H14ClN3O/c16-13-5-8-18-10-12(13)15(20)19-9-1-2-14(19)11-3-6-17-7-4-11/h3-8,10,14H,1-2,9H2. The molecule has 1 saturated heterocycles. The topological polar surface area (TPSA) is 46.1 Å². The maximum absolute atomic E-state index is 12.6. The molecular weight excluding hydrogens is 274 g/mol. The number of carbonyl (C=O) groups excluding carboxylic acids is 1. The van der Waals surface area contributed by atoms with Crippen LogP contribution in [-0.4, -0.2) is 27.3 Å². The second-order valence-corrected chi connectivity index (χ2v) is 5.20. The maximum atomic E-state index is 12.6. The van der Waals surface area contributed by atoms with Gasteiger partial charge < -0.3 is 4.90 Å². The number of amides is 1. The van der Waals surface area contributed by atoms with Crippen LogP contribution in [0.15, 0.2) is 43.0 Å². The van der Waals surface area contributed by atoms with Gasteiger partial charge in [-0.15, -0.1) is 0 Å². The van der Waals surface area contributed by atoms with Crippen LogP contribution in [0.2, 0.25) is 5.02 Å². The lowest BCUT2D eigenvalue weighted by molar-refractivity contribution is 0.0735. The summed E-state index contributed by atoms with van der Waals surface area (Å²) in [6.45, 7) is 0.747. The Kier molecular flexibility index (Phi) is 3.65. The van der Waals surface area contributed by atoms with Crippen molar-refractivity contribution in [2.45, 2.75) is 18.9 Å². The third kappa shape index (κ3) is 2.39. The summed E-state index contributed by atoms with van der Waals surface area (Å²) in [5.41, 5.74) is 1.58. The zero-order valence-corrected chi connectivity index (χ0v) is 11.6. The molecule has 102 valence electrons. The average Bonchev–Trinajstić information content (AvgIpc) is 2.97. The lowest BCUT2D eigenvalue weighted by Gasteiger charge is -2.25. The minimum absolute atomic E-state index is 0.0533. The van der Waals surface area contributed by atoms with E-state index in [0.717, 1.165) is 24.9 Å². The monoisotopic (exact) mass is 287 g/mol. The van der Waals surface area contributed by atoms with Gasteiger partial charge in [0, 0.05) is 31.3 Å². The Labute approximate surface area is 122 Å². The van der Waals surface area contributed by atoms with Crippen molar-refractivity contribution in [3.8, 4) is 0 Å². The van der Waals surface area contributed by atoms with E-state index in [9.17, 15) is 4.79 Å². The number of halogens is 1. The van der Waals surface area contributed by atoms with Crippen LogP contribution >= 0.6 is 11.6 Å². The summed E-state index contributed by atoms with van der Waals surface area (Å²) in [4.78, 5) is 22.5. The first-order chi connectivity index (χ1) is 9.77. The Morgan fingerprint density at radius 1 is 1.20 bits per heavy atom. The Balaban J connectivity index is 1.90. The molecule has 1 unspecified atom stereocenters. The fraction of sp³-hybridized carbons (Fsp3) is 0.267. The first kappa shape index (κ1) is 13.1. The molecule has 1 atom stereocenters. The van der Waals surface area contributed by atoms with Gasteiger partial charge in [-0.2, -0.15) is 0 Å². The molecule has 2 aromatic rings. The van der Waals surface area contributed by atoms with E-state index in [0.29, 0.717) is 10.6 Å². The van der Waals surface area contributed by atoms with Crippen LogP contribution in [0.1, 0.15) is 34.8 Å². The van der Waals surface area contributed by atoms with Gasteiger partial charge in [0.25, 0.3) is 5.91 Å². The lowest BCUT2D eigenvalue weighted by Crippen LogP contribution is -2.30. The Morgan fingerprint density at radius 2 is 1.95 bits per heavy atom. The van der Waals surface area contributed by atoms with Crippen molar-refractivity contribution in [3.63, 3.8) is 0 Å². The number of hydrogen-bond donors (Lipinski definition) is 0. The molecule has 20 heavy (non-hydrogen) atoms. The Hall–Kier alpha value is -1.94. The van der Waals surface area contributed by atoms with Gasteiger partial charge in [0.1, 0.15) is 0 Å². The fourth-order valence-electron chi connectivity index (χ4n) is 2.63. The number of rotatable bonds is 2. The molecule has 0 bridgehead atoms. The predicted octanol–water partition coefficient (Wildman–Crippen LogP) is 3.11. The van der Waals surface area contributed by atoms with Crippen LogP contribution in [0.5, 0.6) is 0 Å². The third-order valence-corrected chi connectivity index (χ3v) is 3.93. The van der Waals surface area contributed by atoms with Gasteiger partial charge in [0.05, 0.1) is 16.6 Å². The van der Waals surface area contributed by atoms with Crippen molar-refractivity contribution in [3.05, 3.63) is 59.1 Å². The van der Waals surface area contributed by atoms with E-state index in [-0.39, 0.29) is 11.9 Å². The van der Waals surface area contributed by atoms with E-state index >= 15 is 0 Å². The smallest absolute Gasteiger partial charge is 0.257 e. The summed E-state index contributed by atoms with van der Waals surface area (Å²) >= 11 is 6.09. The largest absolute Gasteiger partial charge is 0.332 e. The summed E-state index contributed by atoms with van der Waals surface area (Å²) < 4.78 is 0. The number of nitrogens with zero attached hydrogens (tertiary/aromatic N) is 3. The molecule has 1 aliphatic heterocycles. The molecule has 4 nitrogen and oxygen atoms in total. The molecule has 1 fully saturated rings. The normalized spacial score (nSPS) is 18.2. The maximum Gasteiger partial charge on any atom is 0.257 e. The van der Waals surface area contributed by atoms with Crippen molar-refractivity contribution in [1.29, 1.82) is 0 Å². The van der Waals surface area contributed by atoms with Gasteiger partial charge in [0.15, 0.2) is 0 Å². The number of likely N-dealkylation sites (tertiary alicyclic amines) is 1. The van der Waals surface area contributed by atoms with Gasteiger partial charge in [-0.25, -0.2) is 0 Å². The predicted molar refractivity (Wildman–Crippen MR) is 76.5 cm³/mol. The second kappa shape index (κ2) is 5.59. The number of hydrogen-bond acceptors (Lipinski definition) is 3.